The molecular weight excluding hydrogens is 288 g/mol. The first-order valence-corrected chi connectivity index (χ1v) is 8.95. The summed E-state index contributed by atoms with van der Waals surface area (Å²) < 4.78 is 32.6. The van der Waals surface area contributed by atoms with Crippen LogP contribution in [0.2, 0.25) is 0 Å². The summed E-state index contributed by atoms with van der Waals surface area (Å²) in [5, 5.41) is 0. The van der Waals surface area contributed by atoms with Gasteiger partial charge in [-0.2, -0.15) is 0 Å². The van der Waals surface area contributed by atoms with Crippen LogP contribution in [0.1, 0.15) is 17.5 Å². The molecular formula is C15H25N2O3S+. The van der Waals surface area contributed by atoms with Crippen LogP contribution < -0.4 is 9.62 Å². The van der Waals surface area contributed by atoms with E-state index in [2.05, 4.69) is 4.72 Å². The molecule has 1 heterocycles. The lowest BCUT2D eigenvalue weighted by Crippen LogP contribution is -3.14. The summed E-state index contributed by atoms with van der Waals surface area (Å²) in [6.07, 6.45) is 0.847. The molecule has 21 heavy (non-hydrogen) atoms. The Bertz CT molecular complexity index is 566. The van der Waals surface area contributed by atoms with Crippen LogP contribution >= 0.6 is 0 Å². The van der Waals surface area contributed by atoms with Crippen molar-refractivity contribution in [3.05, 3.63) is 29.3 Å². The van der Waals surface area contributed by atoms with Gasteiger partial charge in [0.15, 0.2) is 0 Å². The number of hydrogen-bond acceptors (Lipinski definition) is 3. The lowest BCUT2D eigenvalue weighted by Gasteiger charge is -2.23. The minimum Gasteiger partial charge on any atom is -0.370 e. The van der Waals surface area contributed by atoms with Crippen LogP contribution in [0.4, 0.5) is 0 Å². The maximum atomic E-state index is 12.3. The molecule has 0 spiro atoms. The van der Waals surface area contributed by atoms with Gasteiger partial charge in [0.05, 0.1) is 24.7 Å². The van der Waals surface area contributed by atoms with Crippen LogP contribution in [0.3, 0.4) is 0 Å². The molecule has 0 amide bonds. The van der Waals surface area contributed by atoms with Gasteiger partial charge in [-0.25, -0.2) is 13.1 Å². The summed E-state index contributed by atoms with van der Waals surface area (Å²) >= 11 is 0. The van der Waals surface area contributed by atoms with E-state index in [0.717, 1.165) is 50.4 Å². The van der Waals surface area contributed by atoms with Crippen molar-refractivity contribution in [1.82, 2.24) is 4.72 Å². The number of morpholine rings is 1. The van der Waals surface area contributed by atoms with Crippen molar-refractivity contribution in [3.63, 3.8) is 0 Å². The van der Waals surface area contributed by atoms with Crippen molar-refractivity contribution in [2.75, 3.05) is 39.4 Å². The van der Waals surface area contributed by atoms with Crippen molar-refractivity contribution in [2.24, 2.45) is 0 Å². The molecule has 0 atom stereocenters. The Morgan fingerprint density at radius 1 is 1.24 bits per heavy atom. The van der Waals surface area contributed by atoms with Crippen molar-refractivity contribution >= 4 is 10.0 Å². The Hall–Kier alpha value is -0.950. The van der Waals surface area contributed by atoms with E-state index in [0.29, 0.717) is 11.4 Å². The zero-order valence-electron chi connectivity index (χ0n) is 12.8. The van der Waals surface area contributed by atoms with Crippen LogP contribution in [0.5, 0.6) is 0 Å². The van der Waals surface area contributed by atoms with E-state index in [1.165, 1.54) is 4.90 Å². The number of aryl methyl sites for hydroxylation is 2. The van der Waals surface area contributed by atoms with Crippen molar-refractivity contribution in [3.8, 4) is 0 Å². The summed E-state index contributed by atoms with van der Waals surface area (Å²) in [5.41, 5.74) is 1.86. The van der Waals surface area contributed by atoms with Gasteiger partial charge >= 0.3 is 0 Å². The second kappa shape index (κ2) is 7.35. The topological polar surface area (TPSA) is 59.8 Å². The fourth-order valence-electron chi connectivity index (χ4n) is 2.63. The van der Waals surface area contributed by atoms with E-state index in [4.69, 9.17) is 4.74 Å². The quantitative estimate of drug-likeness (QED) is 0.720. The standard InChI is InChI=1S/C15H24N2O3S/c1-13-4-5-15(14(2)12-13)21(18,19)16-6-3-7-17-8-10-20-11-9-17/h4-5,12,16H,3,6-11H2,1-2H3/p+1. The zero-order chi connectivity index (χ0) is 15.3. The maximum absolute atomic E-state index is 12.3. The second-order valence-electron chi connectivity index (χ2n) is 5.63. The number of sulfonamides is 1. The minimum absolute atomic E-state index is 0.381. The largest absolute Gasteiger partial charge is 0.370 e. The van der Waals surface area contributed by atoms with E-state index in [1.807, 2.05) is 26.0 Å². The number of ether oxygens (including phenoxy) is 1. The predicted octanol–water partition coefficient (Wildman–Crippen LogP) is -0.113. The Labute approximate surface area is 127 Å². The van der Waals surface area contributed by atoms with Gasteiger partial charge in [0, 0.05) is 13.0 Å². The number of hydrogen-bond donors (Lipinski definition) is 2. The minimum atomic E-state index is -3.39. The fourth-order valence-corrected chi connectivity index (χ4v) is 3.93. The van der Waals surface area contributed by atoms with E-state index in [1.54, 1.807) is 6.07 Å². The normalized spacial score (nSPS) is 17.0. The van der Waals surface area contributed by atoms with Gasteiger partial charge in [-0.3, -0.25) is 0 Å². The Kier molecular flexibility index (Phi) is 5.75. The first-order chi connectivity index (χ1) is 9.99. The molecule has 0 unspecified atom stereocenters. The summed E-state index contributed by atoms with van der Waals surface area (Å²) in [5.74, 6) is 0. The second-order valence-corrected chi connectivity index (χ2v) is 7.37. The highest BCUT2D eigenvalue weighted by Gasteiger charge is 2.17. The van der Waals surface area contributed by atoms with E-state index in [9.17, 15) is 8.42 Å². The maximum Gasteiger partial charge on any atom is 0.240 e. The molecule has 0 bridgehead atoms. The molecule has 0 aromatic heterocycles. The number of benzene rings is 1. The van der Waals surface area contributed by atoms with Crippen LogP contribution in [0, 0.1) is 13.8 Å². The molecule has 1 saturated heterocycles. The molecule has 0 aliphatic carbocycles. The van der Waals surface area contributed by atoms with Crippen molar-refractivity contribution < 1.29 is 18.1 Å². The lowest BCUT2D eigenvalue weighted by atomic mass is 10.2. The monoisotopic (exact) mass is 313 g/mol. The Balaban J connectivity index is 1.83. The van der Waals surface area contributed by atoms with Gasteiger partial charge in [0.25, 0.3) is 0 Å². The van der Waals surface area contributed by atoms with Gasteiger partial charge in [0.1, 0.15) is 13.1 Å². The third-order valence-corrected chi connectivity index (χ3v) is 5.44. The molecule has 6 heteroatoms. The van der Waals surface area contributed by atoms with E-state index >= 15 is 0 Å². The average molecular weight is 313 g/mol. The van der Waals surface area contributed by atoms with Gasteiger partial charge in [-0.15, -0.1) is 0 Å². The summed E-state index contributed by atoms with van der Waals surface area (Å²) in [4.78, 5) is 1.87. The molecule has 1 fully saturated rings. The van der Waals surface area contributed by atoms with Gasteiger partial charge in [-0.05, 0) is 25.5 Å². The summed E-state index contributed by atoms with van der Waals surface area (Å²) in [7, 11) is -3.39. The van der Waals surface area contributed by atoms with Gasteiger partial charge < -0.3 is 9.64 Å². The fraction of sp³-hybridized carbons (Fsp3) is 0.600. The van der Waals surface area contributed by atoms with E-state index < -0.39 is 10.0 Å². The molecule has 0 saturated carbocycles. The Morgan fingerprint density at radius 2 is 1.95 bits per heavy atom. The molecule has 1 aliphatic rings. The summed E-state index contributed by atoms with van der Waals surface area (Å²) in [6, 6.07) is 5.41. The molecule has 0 radical (unpaired) electrons. The zero-order valence-corrected chi connectivity index (χ0v) is 13.6. The first kappa shape index (κ1) is 16.4. The molecule has 1 aromatic carbocycles. The molecule has 1 aliphatic heterocycles. The number of quaternary nitrogens is 1. The average Bonchev–Trinajstić information content (AvgIpc) is 2.44. The number of rotatable bonds is 6. The summed E-state index contributed by atoms with van der Waals surface area (Å²) in [6.45, 7) is 8.92. The van der Waals surface area contributed by atoms with Crippen LogP contribution in [0.25, 0.3) is 0 Å². The highest BCUT2D eigenvalue weighted by atomic mass is 32.2. The first-order valence-electron chi connectivity index (χ1n) is 7.47. The van der Waals surface area contributed by atoms with Crippen molar-refractivity contribution in [2.45, 2.75) is 25.2 Å². The van der Waals surface area contributed by atoms with E-state index in [-0.39, 0.29) is 0 Å². The molecule has 1 aromatic rings. The third kappa shape index (κ3) is 4.78. The highest BCUT2D eigenvalue weighted by Crippen LogP contribution is 2.15. The van der Waals surface area contributed by atoms with Crippen LogP contribution in [-0.2, 0) is 14.8 Å². The third-order valence-electron chi connectivity index (χ3n) is 3.82. The van der Waals surface area contributed by atoms with Crippen molar-refractivity contribution in [1.29, 1.82) is 0 Å². The SMILES string of the molecule is Cc1ccc(S(=O)(=O)NCCC[NH+]2CCOCC2)c(C)c1. The predicted molar refractivity (Wildman–Crippen MR) is 82.1 cm³/mol. The lowest BCUT2D eigenvalue weighted by molar-refractivity contribution is -0.908. The molecule has 118 valence electrons. The highest BCUT2D eigenvalue weighted by molar-refractivity contribution is 7.89. The van der Waals surface area contributed by atoms with Gasteiger partial charge in [-0.1, -0.05) is 17.7 Å². The van der Waals surface area contributed by atoms with Crippen LogP contribution in [-0.4, -0.2) is 47.8 Å². The smallest absolute Gasteiger partial charge is 0.240 e. The van der Waals surface area contributed by atoms with Crippen LogP contribution in [0.15, 0.2) is 23.1 Å². The van der Waals surface area contributed by atoms with Gasteiger partial charge in [0.2, 0.25) is 10.0 Å². The molecule has 5 nitrogen and oxygen atoms in total. The molecule has 2 N–H and O–H groups in total. The molecule has 2 rings (SSSR count). The Morgan fingerprint density at radius 3 is 2.62 bits per heavy atom. The number of nitrogens with one attached hydrogen (secondary N) is 2.